The van der Waals surface area contributed by atoms with Crippen molar-refractivity contribution in [1.29, 1.82) is 5.26 Å². The van der Waals surface area contributed by atoms with Gasteiger partial charge in [0.1, 0.15) is 11.1 Å². The molecule has 5 aromatic rings. The van der Waals surface area contributed by atoms with Gasteiger partial charge in [-0.25, -0.2) is 9.97 Å². The fraction of sp³-hybridized carbons (Fsp3) is 0.125. The zero-order valence-corrected chi connectivity index (χ0v) is 24.1. The number of benzene rings is 3. The molecule has 0 aliphatic heterocycles. The lowest BCUT2D eigenvalue weighted by atomic mass is 9.99. The normalized spacial score (nSPS) is 10.6. The topological polar surface area (TPSA) is 97.1 Å². The lowest BCUT2D eigenvalue weighted by molar-refractivity contribution is -0.115. The van der Waals surface area contributed by atoms with Crippen molar-refractivity contribution in [1.82, 2.24) is 9.97 Å². The Balaban J connectivity index is 1.29. The molecule has 0 unspecified atom stereocenters. The Hall–Kier alpha value is -4.65. The summed E-state index contributed by atoms with van der Waals surface area (Å²) in [5.41, 5.74) is 5.59. The number of thioether (sulfide) groups is 1. The van der Waals surface area contributed by atoms with Crippen molar-refractivity contribution in [2.75, 3.05) is 25.3 Å². The number of aromatic nitrogens is 2. The van der Waals surface area contributed by atoms with E-state index in [4.69, 9.17) is 14.5 Å². The van der Waals surface area contributed by atoms with Gasteiger partial charge in [-0.2, -0.15) is 5.26 Å². The minimum Gasteiger partial charge on any atom is -0.493 e. The zero-order chi connectivity index (χ0) is 28.6. The Morgan fingerprint density at radius 2 is 1.59 bits per heavy atom. The molecule has 204 valence electrons. The number of carbonyl (C=O) groups excluding carboxylic acids is 1. The number of thiazole rings is 1. The highest BCUT2D eigenvalue weighted by Crippen LogP contribution is 2.35. The molecule has 9 heteroatoms. The van der Waals surface area contributed by atoms with Crippen molar-refractivity contribution >= 4 is 34.1 Å². The number of nitrogens with one attached hydrogen (secondary N) is 1. The molecule has 0 aliphatic rings. The summed E-state index contributed by atoms with van der Waals surface area (Å²) in [7, 11) is 3.17. The molecule has 0 spiro atoms. The van der Waals surface area contributed by atoms with Crippen molar-refractivity contribution in [2.45, 2.75) is 11.4 Å². The number of anilines is 1. The summed E-state index contributed by atoms with van der Waals surface area (Å²) in [5, 5.41) is 16.0. The number of nitrogens with zero attached hydrogens (tertiary/aromatic N) is 3. The Morgan fingerprint density at radius 1 is 0.878 bits per heavy atom. The number of methoxy groups -OCH3 is 2. The predicted molar refractivity (Wildman–Crippen MR) is 164 cm³/mol. The first kappa shape index (κ1) is 27.9. The molecular weight excluding hydrogens is 553 g/mol. The van der Waals surface area contributed by atoms with Crippen LogP contribution >= 0.6 is 23.1 Å². The van der Waals surface area contributed by atoms with Crippen LogP contribution in [0.2, 0.25) is 0 Å². The van der Waals surface area contributed by atoms with Gasteiger partial charge in [0.05, 0.1) is 31.2 Å². The van der Waals surface area contributed by atoms with Crippen LogP contribution in [0.1, 0.15) is 12.0 Å². The fourth-order valence-corrected chi connectivity index (χ4v) is 5.90. The van der Waals surface area contributed by atoms with Crippen molar-refractivity contribution in [3.05, 3.63) is 95.9 Å². The van der Waals surface area contributed by atoms with E-state index in [-0.39, 0.29) is 12.3 Å². The maximum atomic E-state index is 12.8. The van der Waals surface area contributed by atoms with Gasteiger partial charge in [-0.1, -0.05) is 60.7 Å². The van der Waals surface area contributed by atoms with Crippen LogP contribution in [0.5, 0.6) is 11.5 Å². The van der Waals surface area contributed by atoms with Crippen molar-refractivity contribution < 1.29 is 14.3 Å². The fourth-order valence-electron chi connectivity index (χ4n) is 4.22. The summed E-state index contributed by atoms with van der Waals surface area (Å²) in [6.07, 6.45) is 0.235. The van der Waals surface area contributed by atoms with E-state index in [1.165, 1.54) is 23.1 Å². The first-order chi connectivity index (χ1) is 20.1. The molecule has 3 aromatic carbocycles. The smallest absolute Gasteiger partial charge is 0.226 e. The lowest BCUT2D eigenvalue weighted by Crippen LogP contribution is -2.12. The van der Waals surface area contributed by atoms with Crippen LogP contribution in [0.3, 0.4) is 0 Å². The molecule has 1 N–H and O–H groups in total. The van der Waals surface area contributed by atoms with Crippen LogP contribution in [0.15, 0.2) is 95.3 Å². The highest BCUT2D eigenvalue weighted by atomic mass is 32.2. The SMILES string of the molecule is COc1ccc(-c2csc(NC(=O)CCSc3nc(-c4ccccc4)cc(-c4ccccc4)c3C#N)n2)cc1OC. The summed E-state index contributed by atoms with van der Waals surface area (Å²) >= 11 is 2.75. The van der Waals surface area contributed by atoms with E-state index in [1.54, 1.807) is 14.2 Å². The van der Waals surface area contributed by atoms with Crippen molar-refractivity contribution in [3.8, 4) is 51.2 Å². The molecule has 5 rings (SSSR count). The number of ether oxygens (including phenoxy) is 2. The van der Waals surface area contributed by atoms with Crippen LogP contribution in [-0.2, 0) is 4.79 Å². The molecule has 0 saturated carbocycles. The number of amides is 1. The number of rotatable bonds is 10. The van der Waals surface area contributed by atoms with Crippen LogP contribution in [0.4, 0.5) is 5.13 Å². The van der Waals surface area contributed by atoms with Crippen molar-refractivity contribution in [2.24, 2.45) is 0 Å². The maximum absolute atomic E-state index is 12.8. The minimum atomic E-state index is -0.160. The highest BCUT2D eigenvalue weighted by molar-refractivity contribution is 7.99. The molecule has 1 amide bonds. The van der Waals surface area contributed by atoms with E-state index in [0.717, 1.165) is 33.6 Å². The van der Waals surface area contributed by atoms with Crippen LogP contribution < -0.4 is 14.8 Å². The first-order valence-corrected chi connectivity index (χ1v) is 14.6. The Morgan fingerprint density at radius 3 is 2.27 bits per heavy atom. The Kier molecular flexibility index (Phi) is 8.94. The van der Waals surface area contributed by atoms with Gasteiger partial charge < -0.3 is 14.8 Å². The summed E-state index contributed by atoms with van der Waals surface area (Å²) in [4.78, 5) is 22.2. The summed E-state index contributed by atoms with van der Waals surface area (Å²) in [6, 6.07) is 29.6. The van der Waals surface area contributed by atoms with Crippen LogP contribution in [0, 0.1) is 11.3 Å². The first-order valence-electron chi connectivity index (χ1n) is 12.8. The van der Waals surface area contributed by atoms with Crippen LogP contribution in [-0.4, -0.2) is 35.8 Å². The number of pyridine rings is 1. The number of nitriles is 1. The predicted octanol–water partition coefficient (Wildman–Crippen LogP) is 7.55. The molecule has 0 saturated heterocycles. The van der Waals surface area contributed by atoms with Gasteiger partial charge in [0, 0.05) is 34.2 Å². The monoisotopic (exact) mass is 578 g/mol. The van der Waals surface area contributed by atoms with Gasteiger partial charge in [-0.3, -0.25) is 4.79 Å². The number of carbonyl (C=O) groups is 1. The molecule has 0 atom stereocenters. The molecule has 2 aromatic heterocycles. The molecule has 0 fully saturated rings. The average molecular weight is 579 g/mol. The summed E-state index contributed by atoms with van der Waals surface area (Å²) in [6.45, 7) is 0. The van der Waals surface area contributed by atoms with E-state index in [9.17, 15) is 10.1 Å². The third-order valence-electron chi connectivity index (χ3n) is 6.25. The molecule has 0 radical (unpaired) electrons. The quantitative estimate of drug-likeness (QED) is 0.171. The summed E-state index contributed by atoms with van der Waals surface area (Å²) in [5.74, 6) is 1.54. The Bertz CT molecular complexity index is 1700. The zero-order valence-electron chi connectivity index (χ0n) is 22.5. The molecular formula is C32H26N4O3S2. The second-order valence-electron chi connectivity index (χ2n) is 8.83. The highest BCUT2D eigenvalue weighted by Gasteiger charge is 2.17. The second kappa shape index (κ2) is 13.1. The largest absolute Gasteiger partial charge is 0.493 e. The molecule has 2 heterocycles. The molecule has 0 aliphatic carbocycles. The van der Waals surface area contributed by atoms with E-state index in [2.05, 4.69) is 16.4 Å². The van der Waals surface area contributed by atoms with Gasteiger partial charge in [-0.05, 0) is 29.8 Å². The van der Waals surface area contributed by atoms with E-state index in [0.29, 0.717) is 33.0 Å². The second-order valence-corrected chi connectivity index (χ2v) is 10.8. The summed E-state index contributed by atoms with van der Waals surface area (Å²) < 4.78 is 10.7. The van der Waals surface area contributed by atoms with Crippen LogP contribution in [0.25, 0.3) is 33.6 Å². The Labute approximate surface area is 246 Å². The number of hydrogen-bond acceptors (Lipinski definition) is 8. The van der Waals surface area contributed by atoms with Gasteiger partial charge in [0.2, 0.25) is 5.91 Å². The van der Waals surface area contributed by atoms with E-state index in [1.807, 2.05) is 90.3 Å². The third kappa shape index (κ3) is 6.57. The lowest BCUT2D eigenvalue weighted by Gasteiger charge is -2.12. The average Bonchev–Trinajstić information content (AvgIpc) is 3.49. The molecule has 41 heavy (non-hydrogen) atoms. The third-order valence-corrected chi connectivity index (χ3v) is 7.98. The molecule has 0 bridgehead atoms. The molecule has 7 nitrogen and oxygen atoms in total. The van der Waals surface area contributed by atoms with Gasteiger partial charge in [0.15, 0.2) is 16.6 Å². The maximum Gasteiger partial charge on any atom is 0.226 e. The van der Waals surface area contributed by atoms with Gasteiger partial charge >= 0.3 is 0 Å². The van der Waals surface area contributed by atoms with E-state index < -0.39 is 0 Å². The van der Waals surface area contributed by atoms with Crippen molar-refractivity contribution in [3.63, 3.8) is 0 Å². The van der Waals surface area contributed by atoms with E-state index >= 15 is 0 Å². The van der Waals surface area contributed by atoms with Gasteiger partial charge in [-0.15, -0.1) is 23.1 Å². The van der Waals surface area contributed by atoms with Gasteiger partial charge in [0.25, 0.3) is 0 Å². The standard InChI is InChI=1S/C32H26N4O3S2/c1-38-28-14-13-23(17-29(28)39-2)27-20-41-32(35-27)36-30(37)15-16-40-31-25(19-33)24(21-9-5-3-6-10-21)18-26(34-31)22-11-7-4-8-12-22/h3-14,17-18,20H,15-16H2,1-2H3,(H,35,36,37). The number of hydrogen-bond donors (Lipinski definition) is 1. The minimum absolute atomic E-state index is 0.160.